The molecule has 0 saturated heterocycles. The van der Waals surface area contributed by atoms with Crippen LogP contribution in [-0.4, -0.2) is 24.9 Å². The first-order chi connectivity index (χ1) is 11.4. The third kappa shape index (κ3) is 3.03. The molecule has 4 rings (SSSR count). The summed E-state index contributed by atoms with van der Waals surface area (Å²) in [5.74, 6) is 1.75. The Labute approximate surface area is 140 Å². The molecule has 0 bridgehead atoms. The lowest BCUT2D eigenvalue weighted by molar-refractivity contribution is 0.425. The first-order valence-corrected chi connectivity index (χ1v) is 8.76. The molecule has 0 amide bonds. The molecule has 0 aliphatic heterocycles. The maximum atomic E-state index is 5.28. The number of nitrogens with zero attached hydrogens (tertiary/aromatic N) is 5. The lowest BCUT2D eigenvalue weighted by Crippen LogP contribution is -1.95. The van der Waals surface area contributed by atoms with Crippen molar-refractivity contribution in [3.8, 4) is 17.1 Å². The highest BCUT2D eigenvalue weighted by Gasteiger charge is 2.12. The van der Waals surface area contributed by atoms with E-state index in [1.807, 2.05) is 51.7 Å². The summed E-state index contributed by atoms with van der Waals surface area (Å²) in [5.41, 5.74) is 1.97. The van der Waals surface area contributed by atoms with Crippen molar-refractivity contribution in [2.75, 3.05) is 0 Å². The summed E-state index contributed by atoms with van der Waals surface area (Å²) in [5, 5.41) is 16.9. The highest BCUT2D eigenvalue weighted by molar-refractivity contribution is 7.98. The molecule has 3 aromatic heterocycles. The standard InChI is InChI=1S/C15H11N5OS2/c1-2-4-12(5-3-1)20-10-16-18-15(20)23-9-13-17-14(21-19-13)11-6-7-22-8-11/h1-8,10H,9H2. The van der Waals surface area contributed by atoms with Gasteiger partial charge in [-0.05, 0) is 23.6 Å². The van der Waals surface area contributed by atoms with Gasteiger partial charge in [0.25, 0.3) is 5.89 Å². The highest BCUT2D eigenvalue weighted by Crippen LogP contribution is 2.24. The Morgan fingerprint density at radius 1 is 1.17 bits per heavy atom. The van der Waals surface area contributed by atoms with Gasteiger partial charge in [0.2, 0.25) is 0 Å². The molecule has 1 aromatic carbocycles. The summed E-state index contributed by atoms with van der Waals surface area (Å²) in [6.07, 6.45) is 1.70. The summed E-state index contributed by atoms with van der Waals surface area (Å²) in [6.45, 7) is 0. The normalized spacial score (nSPS) is 11.0. The summed E-state index contributed by atoms with van der Waals surface area (Å²) in [7, 11) is 0. The Balaban J connectivity index is 1.49. The van der Waals surface area contributed by atoms with E-state index in [0.29, 0.717) is 17.5 Å². The van der Waals surface area contributed by atoms with Crippen molar-refractivity contribution in [3.05, 3.63) is 59.3 Å². The Morgan fingerprint density at radius 3 is 2.91 bits per heavy atom. The van der Waals surface area contributed by atoms with E-state index in [1.54, 1.807) is 17.7 Å². The van der Waals surface area contributed by atoms with Crippen molar-refractivity contribution in [2.24, 2.45) is 0 Å². The number of thiophene rings is 1. The van der Waals surface area contributed by atoms with Crippen molar-refractivity contribution >= 4 is 23.1 Å². The van der Waals surface area contributed by atoms with Crippen LogP contribution < -0.4 is 0 Å². The molecule has 0 N–H and O–H groups in total. The number of thioether (sulfide) groups is 1. The Kier molecular flexibility index (Phi) is 3.91. The monoisotopic (exact) mass is 341 g/mol. The third-order valence-electron chi connectivity index (χ3n) is 3.12. The van der Waals surface area contributed by atoms with E-state index in [9.17, 15) is 0 Å². The summed E-state index contributed by atoms with van der Waals surface area (Å²) < 4.78 is 7.22. The molecule has 0 aliphatic carbocycles. The SMILES string of the molecule is c1ccc(-n2cnnc2SCc2noc(-c3ccsc3)n2)cc1. The summed E-state index contributed by atoms with van der Waals surface area (Å²) in [4.78, 5) is 4.41. The van der Waals surface area contributed by atoms with Crippen molar-refractivity contribution in [3.63, 3.8) is 0 Å². The number of rotatable bonds is 5. The van der Waals surface area contributed by atoms with Crippen molar-refractivity contribution in [2.45, 2.75) is 10.9 Å². The minimum atomic E-state index is 0.548. The molecule has 23 heavy (non-hydrogen) atoms. The molecule has 0 aliphatic rings. The van der Waals surface area contributed by atoms with E-state index in [0.717, 1.165) is 16.4 Å². The second-order valence-electron chi connectivity index (χ2n) is 4.64. The van der Waals surface area contributed by atoms with Gasteiger partial charge >= 0.3 is 0 Å². The van der Waals surface area contributed by atoms with Crippen LogP contribution in [0.5, 0.6) is 0 Å². The molecular weight excluding hydrogens is 330 g/mol. The average Bonchev–Trinajstić information content (AvgIpc) is 3.33. The lowest BCUT2D eigenvalue weighted by atomic mass is 10.3. The fraction of sp³-hybridized carbons (Fsp3) is 0.0667. The maximum Gasteiger partial charge on any atom is 0.258 e. The van der Waals surface area contributed by atoms with Gasteiger partial charge in [-0.25, -0.2) is 0 Å². The highest BCUT2D eigenvalue weighted by atomic mass is 32.2. The quantitative estimate of drug-likeness (QED) is 0.516. The van der Waals surface area contributed by atoms with Gasteiger partial charge in [-0.1, -0.05) is 35.1 Å². The molecule has 114 valence electrons. The molecule has 8 heteroatoms. The third-order valence-corrected chi connectivity index (χ3v) is 4.74. The predicted molar refractivity (Wildman–Crippen MR) is 88.5 cm³/mol. The second kappa shape index (κ2) is 6.35. The number of benzene rings is 1. The molecule has 0 unspecified atom stereocenters. The zero-order valence-electron chi connectivity index (χ0n) is 11.9. The van der Waals surface area contributed by atoms with Gasteiger partial charge in [0.1, 0.15) is 6.33 Å². The average molecular weight is 341 g/mol. The van der Waals surface area contributed by atoms with Crippen LogP contribution >= 0.6 is 23.1 Å². The number of hydrogen-bond donors (Lipinski definition) is 0. The number of aromatic nitrogens is 5. The van der Waals surface area contributed by atoms with Crippen molar-refractivity contribution in [1.82, 2.24) is 24.9 Å². The van der Waals surface area contributed by atoms with Crippen LogP contribution in [0.3, 0.4) is 0 Å². The van der Waals surface area contributed by atoms with Crippen LogP contribution in [0.25, 0.3) is 17.1 Å². The lowest BCUT2D eigenvalue weighted by Gasteiger charge is -2.04. The largest absolute Gasteiger partial charge is 0.334 e. The van der Waals surface area contributed by atoms with Crippen LogP contribution in [0.15, 0.2) is 63.2 Å². The van der Waals surface area contributed by atoms with Crippen LogP contribution in [-0.2, 0) is 5.75 Å². The van der Waals surface area contributed by atoms with Crippen LogP contribution in [0.2, 0.25) is 0 Å². The van der Waals surface area contributed by atoms with Crippen molar-refractivity contribution in [1.29, 1.82) is 0 Å². The Bertz CT molecular complexity index is 886. The van der Waals surface area contributed by atoms with Crippen LogP contribution in [0.1, 0.15) is 5.82 Å². The molecule has 0 radical (unpaired) electrons. The molecule has 0 spiro atoms. The van der Waals surface area contributed by atoms with Gasteiger partial charge in [0, 0.05) is 11.1 Å². The topological polar surface area (TPSA) is 69.6 Å². The fourth-order valence-corrected chi connectivity index (χ4v) is 3.44. The van der Waals surface area contributed by atoms with Gasteiger partial charge < -0.3 is 4.52 Å². The molecule has 3 heterocycles. The Morgan fingerprint density at radius 2 is 2.09 bits per heavy atom. The van der Waals surface area contributed by atoms with Gasteiger partial charge in [-0.15, -0.1) is 10.2 Å². The van der Waals surface area contributed by atoms with E-state index in [1.165, 1.54) is 11.8 Å². The molecule has 0 fully saturated rings. The minimum Gasteiger partial charge on any atom is -0.334 e. The second-order valence-corrected chi connectivity index (χ2v) is 6.36. The first-order valence-electron chi connectivity index (χ1n) is 6.83. The number of hydrogen-bond acceptors (Lipinski definition) is 7. The van der Waals surface area contributed by atoms with Gasteiger partial charge in [0.15, 0.2) is 11.0 Å². The zero-order chi connectivity index (χ0) is 15.5. The molecule has 0 atom stereocenters. The fourth-order valence-electron chi connectivity index (χ4n) is 2.03. The van der Waals surface area contributed by atoms with E-state index < -0.39 is 0 Å². The zero-order valence-corrected chi connectivity index (χ0v) is 13.5. The van der Waals surface area contributed by atoms with E-state index in [-0.39, 0.29) is 0 Å². The molecular formula is C15H11N5OS2. The van der Waals surface area contributed by atoms with Gasteiger partial charge in [0.05, 0.1) is 11.3 Å². The van der Waals surface area contributed by atoms with E-state index >= 15 is 0 Å². The maximum absolute atomic E-state index is 5.28. The predicted octanol–water partition coefficient (Wildman–Crippen LogP) is 3.67. The minimum absolute atomic E-state index is 0.548. The van der Waals surface area contributed by atoms with Crippen molar-refractivity contribution < 1.29 is 4.52 Å². The van der Waals surface area contributed by atoms with Crippen LogP contribution in [0, 0.1) is 0 Å². The molecule has 4 aromatic rings. The summed E-state index contributed by atoms with van der Waals surface area (Å²) in [6, 6.07) is 11.9. The smallest absolute Gasteiger partial charge is 0.258 e. The number of para-hydroxylation sites is 1. The van der Waals surface area contributed by atoms with Gasteiger partial charge in [-0.3, -0.25) is 4.57 Å². The molecule has 6 nitrogen and oxygen atoms in total. The van der Waals surface area contributed by atoms with E-state index in [2.05, 4.69) is 20.3 Å². The van der Waals surface area contributed by atoms with Crippen LogP contribution in [0.4, 0.5) is 0 Å². The van der Waals surface area contributed by atoms with E-state index in [4.69, 9.17) is 4.52 Å². The van der Waals surface area contributed by atoms with Gasteiger partial charge in [-0.2, -0.15) is 16.3 Å². The Hall–Kier alpha value is -2.45. The summed E-state index contributed by atoms with van der Waals surface area (Å²) >= 11 is 3.12. The first kappa shape index (κ1) is 14.2. The molecule has 0 saturated carbocycles.